The largest absolute Gasteiger partial charge is 0.423 e. The van der Waals surface area contributed by atoms with Crippen molar-refractivity contribution in [2.24, 2.45) is 0 Å². The van der Waals surface area contributed by atoms with Crippen molar-refractivity contribution in [2.75, 3.05) is 0 Å². The summed E-state index contributed by atoms with van der Waals surface area (Å²) in [7, 11) is 0. The Bertz CT molecular complexity index is 1090. The zero-order valence-electron chi connectivity index (χ0n) is 14.9. The maximum atomic E-state index is 12.9. The summed E-state index contributed by atoms with van der Waals surface area (Å²) in [5.74, 6) is -1.18. The van der Waals surface area contributed by atoms with Crippen molar-refractivity contribution in [3.05, 3.63) is 111 Å². The van der Waals surface area contributed by atoms with Gasteiger partial charge in [0.25, 0.3) is 5.69 Å². The van der Waals surface area contributed by atoms with E-state index in [-0.39, 0.29) is 28.6 Å². The molecular weight excluding hydrogens is 377 g/mol. The lowest BCUT2D eigenvalue weighted by Gasteiger charge is -2.05. The molecule has 6 nitrogen and oxygen atoms in total. The normalized spacial score (nSPS) is 10.7. The third kappa shape index (κ3) is 5.20. The number of non-ortho nitro benzene ring substituents is 1. The van der Waals surface area contributed by atoms with Crippen molar-refractivity contribution in [1.29, 1.82) is 0 Å². The average molecular weight is 391 g/mol. The van der Waals surface area contributed by atoms with Gasteiger partial charge in [-0.25, -0.2) is 9.18 Å². The number of rotatable bonds is 6. The highest BCUT2D eigenvalue weighted by Crippen LogP contribution is 2.18. The molecule has 0 unspecified atom stereocenters. The minimum absolute atomic E-state index is 0.0431. The van der Waals surface area contributed by atoms with Gasteiger partial charge < -0.3 is 4.74 Å². The monoisotopic (exact) mass is 391 g/mol. The molecule has 0 aliphatic rings. The molecule has 144 valence electrons. The summed E-state index contributed by atoms with van der Waals surface area (Å²) in [6.45, 7) is 0. The summed E-state index contributed by atoms with van der Waals surface area (Å²) in [5.41, 5.74) is 0.885. The fourth-order valence-electron chi connectivity index (χ4n) is 2.44. The first-order chi connectivity index (χ1) is 13.9. The molecule has 0 saturated carbocycles. The lowest BCUT2D eigenvalue weighted by Crippen LogP contribution is -2.09. The molecule has 0 amide bonds. The van der Waals surface area contributed by atoms with Gasteiger partial charge in [-0.3, -0.25) is 14.9 Å². The van der Waals surface area contributed by atoms with E-state index in [1.165, 1.54) is 60.7 Å². The van der Waals surface area contributed by atoms with Gasteiger partial charge in [-0.2, -0.15) is 0 Å². The molecule has 0 spiro atoms. The van der Waals surface area contributed by atoms with E-state index in [0.29, 0.717) is 11.1 Å². The summed E-state index contributed by atoms with van der Waals surface area (Å²) >= 11 is 0. The smallest absolute Gasteiger partial charge is 0.343 e. The number of hydrogen-bond donors (Lipinski definition) is 0. The molecule has 0 atom stereocenters. The zero-order chi connectivity index (χ0) is 20.8. The van der Waals surface area contributed by atoms with E-state index >= 15 is 0 Å². The molecule has 0 fully saturated rings. The molecule has 0 aliphatic carbocycles. The van der Waals surface area contributed by atoms with Crippen LogP contribution in [0.1, 0.15) is 26.3 Å². The number of halogens is 1. The second-order valence-electron chi connectivity index (χ2n) is 5.97. The molecule has 0 aliphatic heterocycles. The zero-order valence-corrected chi connectivity index (χ0v) is 14.9. The summed E-state index contributed by atoms with van der Waals surface area (Å²) in [5, 5.41) is 10.8. The maximum Gasteiger partial charge on any atom is 0.343 e. The number of nitro benzene ring substituents is 1. The Labute approximate surface area is 165 Å². The van der Waals surface area contributed by atoms with Crippen LogP contribution in [0.5, 0.6) is 5.75 Å². The molecule has 29 heavy (non-hydrogen) atoms. The number of nitrogens with zero attached hydrogens (tertiary/aromatic N) is 1. The quantitative estimate of drug-likeness (QED) is 0.150. The van der Waals surface area contributed by atoms with Crippen LogP contribution < -0.4 is 4.74 Å². The fraction of sp³-hybridized carbons (Fsp3) is 0. The number of ketones is 1. The minimum atomic E-state index is -0.746. The van der Waals surface area contributed by atoms with Crippen LogP contribution in [0.4, 0.5) is 10.1 Å². The predicted octanol–water partition coefficient (Wildman–Crippen LogP) is 4.85. The first-order valence-corrected chi connectivity index (χ1v) is 8.47. The molecule has 0 saturated heterocycles. The second kappa shape index (κ2) is 8.71. The van der Waals surface area contributed by atoms with E-state index in [4.69, 9.17) is 4.74 Å². The van der Waals surface area contributed by atoms with Crippen LogP contribution in [0.15, 0.2) is 78.9 Å². The number of carbonyl (C=O) groups excluding carboxylic acids is 2. The maximum absolute atomic E-state index is 12.9. The molecule has 7 heteroatoms. The van der Waals surface area contributed by atoms with Crippen molar-refractivity contribution in [3.63, 3.8) is 0 Å². The van der Waals surface area contributed by atoms with Gasteiger partial charge in [-0.15, -0.1) is 0 Å². The number of allylic oxidation sites excluding steroid dienone is 1. The summed E-state index contributed by atoms with van der Waals surface area (Å²) in [4.78, 5) is 34.5. The van der Waals surface area contributed by atoms with Crippen LogP contribution >= 0.6 is 0 Å². The third-order valence-electron chi connectivity index (χ3n) is 3.94. The van der Waals surface area contributed by atoms with Crippen LogP contribution in [0.25, 0.3) is 6.08 Å². The van der Waals surface area contributed by atoms with Crippen molar-refractivity contribution in [2.45, 2.75) is 0 Å². The van der Waals surface area contributed by atoms with E-state index in [9.17, 15) is 24.1 Å². The van der Waals surface area contributed by atoms with Gasteiger partial charge in [0.2, 0.25) is 0 Å². The Kier molecular flexibility index (Phi) is 5.89. The number of ether oxygens (including phenoxy) is 1. The van der Waals surface area contributed by atoms with Crippen molar-refractivity contribution >= 4 is 23.5 Å². The van der Waals surface area contributed by atoms with E-state index < -0.39 is 10.9 Å². The highest BCUT2D eigenvalue weighted by molar-refractivity contribution is 6.06. The predicted molar refractivity (Wildman–Crippen MR) is 104 cm³/mol. The topological polar surface area (TPSA) is 86.5 Å². The lowest BCUT2D eigenvalue weighted by molar-refractivity contribution is -0.384. The minimum Gasteiger partial charge on any atom is -0.423 e. The van der Waals surface area contributed by atoms with Crippen LogP contribution in [0.3, 0.4) is 0 Å². The summed E-state index contributed by atoms with van der Waals surface area (Å²) in [6.07, 6.45) is 2.93. The number of esters is 1. The first-order valence-electron chi connectivity index (χ1n) is 8.47. The molecular formula is C22H14FNO5. The Balaban J connectivity index is 1.65. The number of carbonyl (C=O) groups is 2. The van der Waals surface area contributed by atoms with Gasteiger partial charge in [0.05, 0.1) is 10.5 Å². The molecule has 0 N–H and O–H groups in total. The van der Waals surface area contributed by atoms with Crippen molar-refractivity contribution in [3.8, 4) is 5.75 Å². The van der Waals surface area contributed by atoms with Gasteiger partial charge in [-0.1, -0.05) is 24.3 Å². The Hall–Kier alpha value is -4.13. The number of nitro groups is 1. The molecule has 0 radical (unpaired) electrons. The number of hydrogen-bond acceptors (Lipinski definition) is 5. The van der Waals surface area contributed by atoms with E-state index in [1.54, 1.807) is 18.2 Å². The molecule has 3 aromatic carbocycles. The van der Waals surface area contributed by atoms with Crippen molar-refractivity contribution in [1.82, 2.24) is 0 Å². The molecule has 0 bridgehead atoms. The molecule has 3 rings (SSSR count). The fourth-order valence-corrected chi connectivity index (χ4v) is 2.44. The van der Waals surface area contributed by atoms with Gasteiger partial charge in [0.15, 0.2) is 5.78 Å². The second-order valence-corrected chi connectivity index (χ2v) is 5.97. The average Bonchev–Trinajstić information content (AvgIpc) is 2.73. The Morgan fingerprint density at radius 2 is 1.62 bits per heavy atom. The SMILES string of the molecule is O=C(C=Cc1ccc(F)cc1)c1ccc(OC(=O)c2cccc([N+](=O)[O-])c2)cc1. The van der Waals surface area contributed by atoms with Crippen LogP contribution in [0.2, 0.25) is 0 Å². The van der Waals surface area contributed by atoms with Crippen LogP contribution in [0, 0.1) is 15.9 Å². The molecule has 0 heterocycles. The molecule has 0 aromatic heterocycles. The standard InChI is InChI=1S/C22H14FNO5/c23-18-9-4-15(5-10-18)6-13-21(25)16-7-11-20(12-8-16)29-22(26)17-2-1-3-19(14-17)24(27)28/h1-14H. The highest BCUT2D eigenvalue weighted by atomic mass is 19.1. The van der Waals surface area contributed by atoms with Gasteiger partial charge in [0.1, 0.15) is 11.6 Å². The first kappa shape index (κ1) is 19.6. The molecule has 3 aromatic rings. The van der Waals surface area contributed by atoms with E-state index in [2.05, 4.69) is 0 Å². The van der Waals surface area contributed by atoms with Crippen molar-refractivity contribution < 1.29 is 23.6 Å². The van der Waals surface area contributed by atoms with Crippen LogP contribution in [-0.4, -0.2) is 16.7 Å². The van der Waals surface area contributed by atoms with E-state index in [0.717, 1.165) is 6.07 Å². The Morgan fingerprint density at radius 3 is 2.28 bits per heavy atom. The highest BCUT2D eigenvalue weighted by Gasteiger charge is 2.13. The van der Waals surface area contributed by atoms with Gasteiger partial charge in [-0.05, 0) is 54.1 Å². The third-order valence-corrected chi connectivity index (χ3v) is 3.94. The van der Waals surface area contributed by atoms with Crippen LogP contribution in [-0.2, 0) is 0 Å². The van der Waals surface area contributed by atoms with Gasteiger partial charge >= 0.3 is 5.97 Å². The van der Waals surface area contributed by atoms with Gasteiger partial charge in [0, 0.05) is 17.7 Å². The van der Waals surface area contributed by atoms with E-state index in [1.807, 2.05) is 0 Å². The lowest BCUT2D eigenvalue weighted by atomic mass is 10.1. The summed E-state index contributed by atoms with van der Waals surface area (Å²) in [6, 6.07) is 16.8. The summed E-state index contributed by atoms with van der Waals surface area (Å²) < 4.78 is 18.1. The number of benzene rings is 3. The Morgan fingerprint density at radius 1 is 0.931 bits per heavy atom.